The zero-order valence-corrected chi connectivity index (χ0v) is 16.9. The average Bonchev–Trinajstić information content (AvgIpc) is 2.70. The Bertz CT molecular complexity index is 898. The van der Waals surface area contributed by atoms with E-state index in [4.69, 9.17) is 0 Å². The minimum atomic E-state index is -0.347. The van der Waals surface area contributed by atoms with Crippen LogP contribution in [0.5, 0.6) is 0 Å². The fourth-order valence-corrected chi connectivity index (χ4v) is 3.52. The van der Waals surface area contributed by atoms with Crippen LogP contribution >= 0.6 is 0 Å². The molecule has 152 valence electrons. The predicted octanol–water partition coefficient (Wildman–Crippen LogP) is 1.82. The molecule has 3 rings (SSSR count). The maximum absolute atomic E-state index is 13.6. The number of para-hydroxylation sites is 1. The van der Waals surface area contributed by atoms with E-state index in [0.29, 0.717) is 38.3 Å². The molecule has 2 N–H and O–H groups in total. The molecule has 0 aromatic heterocycles. The Morgan fingerprint density at radius 3 is 2.38 bits per heavy atom. The molecule has 1 heterocycles. The number of quaternary nitrogens is 1. The van der Waals surface area contributed by atoms with Crippen LogP contribution in [0.2, 0.25) is 0 Å². The first-order valence-electron chi connectivity index (χ1n) is 9.85. The monoisotopic (exact) mass is 396 g/mol. The Kier molecular flexibility index (Phi) is 6.77. The van der Waals surface area contributed by atoms with Crippen LogP contribution in [-0.4, -0.2) is 49.4 Å². The minimum absolute atomic E-state index is 0.0170. The number of benzene rings is 2. The van der Waals surface area contributed by atoms with Crippen molar-refractivity contribution < 1.29 is 18.9 Å². The van der Waals surface area contributed by atoms with Crippen LogP contribution in [0.25, 0.3) is 6.08 Å². The van der Waals surface area contributed by atoms with Crippen LogP contribution in [0.15, 0.2) is 48.5 Å². The highest BCUT2D eigenvalue weighted by atomic mass is 19.1. The summed E-state index contributed by atoms with van der Waals surface area (Å²) in [4.78, 5) is 27.7. The summed E-state index contributed by atoms with van der Waals surface area (Å²) in [7, 11) is 0. The molecule has 5 nitrogen and oxygen atoms in total. The van der Waals surface area contributed by atoms with Crippen LogP contribution in [0.3, 0.4) is 0 Å². The molecule has 0 spiro atoms. The number of halogens is 1. The van der Waals surface area contributed by atoms with Gasteiger partial charge in [0.15, 0.2) is 6.54 Å². The second kappa shape index (κ2) is 9.47. The lowest BCUT2D eigenvalue weighted by Crippen LogP contribution is -3.15. The Hall–Kier alpha value is -2.99. The van der Waals surface area contributed by atoms with E-state index < -0.39 is 0 Å². The maximum atomic E-state index is 13.6. The zero-order chi connectivity index (χ0) is 20.8. The number of anilines is 1. The smallest absolute Gasteiger partial charge is 0.279 e. The van der Waals surface area contributed by atoms with Gasteiger partial charge in [0.25, 0.3) is 5.91 Å². The summed E-state index contributed by atoms with van der Waals surface area (Å²) in [5, 5.41) is 3.02. The minimum Gasteiger partial charge on any atom is -0.328 e. The fraction of sp³-hybridized carbons (Fsp3) is 0.304. The highest BCUT2D eigenvalue weighted by molar-refractivity contribution is 5.93. The third-order valence-electron chi connectivity index (χ3n) is 5.25. The van der Waals surface area contributed by atoms with E-state index in [0.717, 1.165) is 21.7 Å². The summed E-state index contributed by atoms with van der Waals surface area (Å²) in [5.74, 6) is -0.496. The molecule has 1 saturated heterocycles. The number of hydrogen-bond acceptors (Lipinski definition) is 2. The van der Waals surface area contributed by atoms with Gasteiger partial charge in [0.05, 0.1) is 26.2 Å². The predicted molar refractivity (Wildman–Crippen MR) is 112 cm³/mol. The van der Waals surface area contributed by atoms with Crippen LogP contribution in [-0.2, 0) is 9.59 Å². The van der Waals surface area contributed by atoms with Gasteiger partial charge in [0.2, 0.25) is 5.91 Å². The molecule has 2 aromatic carbocycles. The standard InChI is InChI=1S/C23H26FN3O2/c1-17-6-5-7-18(2)23(17)25-21(28)16-26-12-14-27(15-13-26)22(29)11-10-19-8-3-4-9-20(19)24/h3-11H,12-16H2,1-2H3,(H,25,28)/p+1/b11-10+. The second-order valence-corrected chi connectivity index (χ2v) is 7.42. The molecule has 1 aliphatic rings. The lowest BCUT2D eigenvalue weighted by Gasteiger charge is -2.31. The molecular weight excluding hydrogens is 369 g/mol. The van der Waals surface area contributed by atoms with Crippen LogP contribution < -0.4 is 10.2 Å². The Morgan fingerprint density at radius 1 is 1.07 bits per heavy atom. The molecule has 2 amide bonds. The van der Waals surface area contributed by atoms with E-state index in [9.17, 15) is 14.0 Å². The van der Waals surface area contributed by atoms with E-state index in [2.05, 4.69) is 5.32 Å². The first-order chi connectivity index (χ1) is 13.9. The third kappa shape index (κ3) is 5.51. The SMILES string of the molecule is Cc1cccc(C)c1NC(=O)C[NH+]1CCN(C(=O)/C=C/c2ccccc2F)CC1. The van der Waals surface area contributed by atoms with Gasteiger partial charge < -0.3 is 15.1 Å². The Labute approximate surface area is 170 Å². The molecule has 0 unspecified atom stereocenters. The molecule has 0 aliphatic carbocycles. The average molecular weight is 396 g/mol. The normalized spacial score (nSPS) is 14.9. The van der Waals surface area contributed by atoms with Gasteiger partial charge in [-0.05, 0) is 37.1 Å². The number of nitrogens with one attached hydrogen (secondary N) is 2. The van der Waals surface area contributed by atoms with E-state index >= 15 is 0 Å². The molecule has 6 heteroatoms. The highest BCUT2D eigenvalue weighted by Crippen LogP contribution is 2.18. The van der Waals surface area contributed by atoms with Gasteiger partial charge in [-0.15, -0.1) is 0 Å². The van der Waals surface area contributed by atoms with Gasteiger partial charge in [-0.3, -0.25) is 9.59 Å². The number of nitrogens with zero attached hydrogens (tertiary/aromatic N) is 1. The Balaban J connectivity index is 1.48. The third-order valence-corrected chi connectivity index (χ3v) is 5.25. The summed E-state index contributed by atoms with van der Waals surface area (Å²) in [6.07, 6.45) is 2.92. The number of piperazine rings is 1. The molecule has 0 radical (unpaired) electrons. The van der Waals surface area contributed by atoms with Crippen LogP contribution in [0.1, 0.15) is 16.7 Å². The van der Waals surface area contributed by atoms with Crippen LogP contribution in [0, 0.1) is 19.7 Å². The largest absolute Gasteiger partial charge is 0.328 e. The van der Waals surface area contributed by atoms with Crippen molar-refractivity contribution in [2.24, 2.45) is 0 Å². The number of carbonyl (C=O) groups excluding carboxylic acids is 2. The highest BCUT2D eigenvalue weighted by Gasteiger charge is 2.24. The lowest BCUT2D eigenvalue weighted by molar-refractivity contribution is -0.895. The van der Waals surface area contributed by atoms with Gasteiger partial charge in [-0.25, -0.2) is 4.39 Å². The molecule has 1 fully saturated rings. The lowest BCUT2D eigenvalue weighted by atomic mass is 10.1. The van der Waals surface area contributed by atoms with Gasteiger partial charge in [0.1, 0.15) is 5.82 Å². The van der Waals surface area contributed by atoms with Crippen molar-refractivity contribution in [2.45, 2.75) is 13.8 Å². The van der Waals surface area contributed by atoms with Crippen molar-refractivity contribution in [3.63, 3.8) is 0 Å². The molecule has 2 aromatic rings. The van der Waals surface area contributed by atoms with Crippen molar-refractivity contribution in [1.82, 2.24) is 4.90 Å². The van der Waals surface area contributed by atoms with Crippen molar-refractivity contribution in [3.8, 4) is 0 Å². The molecular formula is C23H27FN3O2+. The maximum Gasteiger partial charge on any atom is 0.279 e. The summed E-state index contributed by atoms with van der Waals surface area (Å²) in [5.41, 5.74) is 3.37. The topological polar surface area (TPSA) is 53.9 Å². The van der Waals surface area contributed by atoms with Gasteiger partial charge in [-0.1, -0.05) is 36.4 Å². The molecule has 29 heavy (non-hydrogen) atoms. The Morgan fingerprint density at radius 2 is 1.72 bits per heavy atom. The molecule has 0 saturated carbocycles. The quantitative estimate of drug-likeness (QED) is 0.758. The molecule has 0 bridgehead atoms. The zero-order valence-electron chi connectivity index (χ0n) is 16.9. The van der Waals surface area contributed by atoms with Crippen LogP contribution in [0.4, 0.5) is 10.1 Å². The number of rotatable bonds is 5. The van der Waals surface area contributed by atoms with Crippen molar-refractivity contribution in [1.29, 1.82) is 0 Å². The van der Waals surface area contributed by atoms with Gasteiger partial charge in [0, 0.05) is 17.3 Å². The van der Waals surface area contributed by atoms with Gasteiger partial charge >= 0.3 is 0 Å². The van der Waals surface area contributed by atoms with E-state index in [1.807, 2.05) is 32.0 Å². The molecule has 0 atom stereocenters. The van der Waals surface area contributed by atoms with E-state index in [1.54, 1.807) is 23.1 Å². The summed E-state index contributed by atoms with van der Waals surface area (Å²) < 4.78 is 13.6. The number of amides is 2. The van der Waals surface area contributed by atoms with Crippen molar-refractivity contribution in [2.75, 3.05) is 38.0 Å². The van der Waals surface area contributed by atoms with Gasteiger partial charge in [-0.2, -0.15) is 0 Å². The van der Waals surface area contributed by atoms with Crippen molar-refractivity contribution in [3.05, 3.63) is 71.0 Å². The van der Waals surface area contributed by atoms with E-state index in [-0.39, 0.29) is 17.6 Å². The number of aryl methyl sites for hydroxylation is 2. The first kappa shape index (κ1) is 20.7. The van der Waals surface area contributed by atoms with Crippen molar-refractivity contribution >= 4 is 23.6 Å². The summed E-state index contributed by atoms with van der Waals surface area (Å²) >= 11 is 0. The number of carbonyl (C=O) groups is 2. The molecule has 1 aliphatic heterocycles. The summed E-state index contributed by atoms with van der Waals surface area (Å²) in [6, 6.07) is 12.3. The van der Waals surface area contributed by atoms with E-state index in [1.165, 1.54) is 18.2 Å². The first-order valence-corrected chi connectivity index (χ1v) is 9.85. The second-order valence-electron chi connectivity index (χ2n) is 7.42. The number of hydrogen-bond donors (Lipinski definition) is 2. The summed E-state index contributed by atoms with van der Waals surface area (Å²) in [6.45, 7) is 6.90. The fourth-order valence-electron chi connectivity index (χ4n) is 3.52.